The Bertz CT molecular complexity index is 624. The lowest BCUT2D eigenvalue weighted by molar-refractivity contribution is -0.117. The van der Waals surface area contributed by atoms with E-state index in [1.54, 1.807) is 6.08 Å². The molecule has 0 bridgehead atoms. The molecule has 0 saturated heterocycles. The van der Waals surface area contributed by atoms with Gasteiger partial charge in [0.1, 0.15) is 0 Å². The van der Waals surface area contributed by atoms with Gasteiger partial charge in [-0.2, -0.15) is 0 Å². The van der Waals surface area contributed by atoms with Gasteiger partial charge >= 0.3 is 0 Å². The number of amides is 1. The van der Waals surface area contributed by atoms with E-state index in [2.05, 4.69) is 16.2 Å². The van der Waals surface area contributed by atoms with E-state index in [4.69, 9.17) is 21.7 Å². The van der Waals surface area contributed by atoms with Crippen molar-refractivity contribution in [3.8, 4) is 11.5 Å². The van der Waals surface area contributed by atoms with Crippen LogP contribution in [-0.4, -0.2) is 29.8 Å². The average Bonchev–Trinajstić information content (AvgIpc) is 2.52. The van der Waals surface area contributed by atoms with E-state index in [1.165, 1.54) is 6.08 Å². The SMILES string of the molecule is CCOc1ccc(/C=C/C(=O)NNC(=S)NC(C)(C)C)cc1OCC. The van der Waals surface area contributed by atoms with E-state index in [0.717, 1.165) is 5.56 Å². The number of rotatable bonds is 6. The minimum atomic E-state index is -0.315. The molecule has 0 unspecified atom stereocenters. The highest BCUT2D eigenvalue weighted by molar-refractivity contribution is 7.80. The molecule has 0 aliphatic carbocycles. The highest BCUT2D eigenvalue weighted by Gasteiger charge is 2.10. The van der Waals surface area contributed by atoms with Crippen LogP contribution in [0, 0.1) is 0 Å². The predicted molar refractivity (Wildman–Crippen MR) is 105 cm³/mol. The fourth-order valence-electron chi connectivity index (χ4n) is 1.88. The Hall–Kier alpha value is -2.28. The maximum absolute atomic E-state index is 11.9. The zero-order chi connectivity index (χ0) is 18.9. The highest BCUT2D eigenvalue weighted by Crippen LogP contribution is 2.28. The number of thiocarbonyl (C=S) groups is 1. The first-order chi connectivity index (χ1) is 11.7. The number of hydrazine groups is 1. The lowest BCUT2D eigenvalue weighted by atomic mass is 10.1. The van der Waals surface area contributed by atoms with Crippen LogP contribution >= 0.6 is 12.2 Å². The molecule has 1 aromatic rings. The summed E-state index contributed by atoms with van der Waals surface area (Å²) in [5.41, 5.74) is 5.82. The van der Waals surface area contributed by atoms with Gasteiger partial charge in [-0.15, -0.1) is 0 Å². The molecule has 1 rings (SSSR count). The monoisotopic (exact) mass is 365 g/mol. The molecule has 25 heavy (non-hydrogen) atoms. The summed E-state index contributed by atoms with van der Waals surface area (Å²) < 4.78 is 11.1. The zero-order valence-corrected chi connectivity index (χ0v) is 16.3. The van der Waals surface area contributed by atoms with Crippen LogP contribution < -0.4 is 25.6 Å². The van der Waals surface area contributed by atoms with Crippen molar-refractivity contribution in [3.05, 3.63) is 29.8 Å². The molecule has 7 heteroatoms. The van der Waals surface area contributed by atoms with Crippen LogP contribution in [0.3, 0.4) is 0 Å². The number of nitrogens with one attached hydrogen (secondary N) is 3. The van der Waals surface area contributed by atoms with Crippen LogP contribution in [-0.2, 0) is 4.79 Å². The van der Waals surface area contributed by atoms with Crippen molar-refractivity contribution in [2.24, 2.45) is 0 Å². The first-order valence-electron chi connectivity index (χ1n) is 8.21. The lowest BCUT2D eigenvalue weighted by Gasteiger charge is -2.22. The molecule has 1 amide bonds. The van der Waals surface area contributed by atoms with Crippen molar-refractivity contribution in [2.75, 3.05) is 13.2 Å². The normalized spacial score (nSPS) is 11.1. The van der Waals surface area contributed by atoms with Gasteiger partial charge in [0.15, 0.2) is 16.6 Å². The second kappa shape index (κ2) is 9.88. The number of hydrogen-bond donors (Lipinski definition) is 3. The van der Waals surface area contributed by atoms with Crippen molar-refractivity contribution < 1.29 is 14.3 Å². The Labute approximate surface area is 154 Å². The molecule has 3 N–H and O–H groups in total. The summed E-state index contributed by atoms with van der Waals surface area (Å²) in [5, 5.41) is 3.39. The van der Waals surface area contributed by atoms with Crippen LogP contribution in [0.25, 0.3) is 6.08 Å². The molecule has 1 aromatic carbocycles. The Morgan fingerprint density at radius 3 is 2.36 bits per heavy atom. The van der Waals surface area contributed by atoms with Crippen molar-refractivity contribution >= 4 is 29.3 Å². The molecule has 138 valence electrons. The van der Waals surface area contributed by atoms with E-state index in [0.29, 0.717) is 29.8 Å². The van der Waals surface area contributed by atoms with Gasteiger partial charge in [-0.25, -0.2) is 0 Å². The van der Waals surface area contributed by atoms with Gasteiger partial charge in [0, 0.05) is 11.6 Å². The summed E-state index contributed by atoms with van der Waals surface area (Å²) in [5.74, 6) is 1.02. The van der Waals surface area contributed by atoms with Gasteiger partial charge in [-0.3, -0.25) is 15.6 Å². The second-order valence-corrected chi connectivity index (χ2v) is 6.63. The molecule has 6 nitrogen and oxygen atoms in total. The number of carbonyl (C=O) groups excluding carboxylic acids is 1. The van der Waals surface area contributed by atoms with Crippen LogP contribution in [0.2, 0.25) is 0 Å². The third-order valence-electron chi connectivity index (χ3n) is 2.78. The largest absolute Gasteiger partial charge is 0.490 e. The van der Waals surface area contributed by atoms with Gasteiger partial charge in [0.05, 0.1) is 13.2 Å². The van der Waals surface area contributed by atoms with Crippen LogP contribution in [0.15, 0.2) is 24.3 Å². The molecule has 0 atom stereocenters. The summed E-state index contributed by atoms with van der Waals surface area (Å²) in [4.78, 5) is 11.9. The Kier molecular flexibility index (Phi) is 8.21. The fraction of sp³-hybridized carbons (Fsp3) is 0.444. The molecular weight excluding hydrogens is 338 g/mol. The average molecular weight is 365 g/mol. The van der Waals surface area contributed by atoms with Gasteiger partial charge < -0.3 is 14.8 Å². The van der Waals surface area contributed by atoms with Crippen LogP contribution in [0.4, 0.5) is 0 Å². The van der Waals surface area contributed by atoms with Gasteiger partial charge in [-0.05, 0) is 70.6 Å². The highest BCUT2D eigenvalue weighted by atomic mass is 32.1. The third-order valence-corrected chi connectivity index (χ3v) is 2.99. The second-order valence-electron chi connectivity index (χ2n) is 6.22. The minimum absolute atomic E-state index is 0.178. The topological polar surface area (TPSA) is 71.6 Å². The van der Waals surface area contributed by atoms with Gasteiger partial charge in [-0.1, -0.05) is 6.07 Å². The van der Waals surface area contributed by atoms with E-state index in [9.17, 15) is 4.79 Å². The molecule has 0 radical (unpaired) electrons. The summed E-state index contributed by atoms with van der Waals surface area (Å²) >= 11 is 5.09. The first-order valence-corrected chi connectivity index (χ1v) is 8.62. The first kappa shape index (κ1) is 20.8. The molecule has 0 aromatic heterocycles. The number of ether oxygens (including phenoxy) is 2. The van der Waals surface area contributed by atoms with Gasteiger partial charge in [0.2, 0.25) is 0 Å². The Balaban J connectivity index is 2.63. The van der Waals surface area contributed by atoms with Gasteiger partial charge in [0.25, 0.3) is 5.91 Å². The molecule has 0 fully saturated rings. The van der Waals surface area contributed by atoms with Crippen molar-refractivity contribution in [2.45, 2.75) is 40.2 Å². The van der Waals surface area contributed by atoms with E-state index in [1.807, 2.05) is 52.8 Å². The number of carbonyl (C=O) groups is 1. The van der Waals surface area contributed by atoms with Crippen molar-refractivity contribution in [1.82, 2.24) is 16.2 Å². The Morgan fingerprint density at radius 2 is 1.76 bits per heavy atom. The Morgan fingerprint density at radius 1 is 1.12 bits per heavy atom. The third kappa shape index (κ3) is 8.39. The molecule has 0 aliphatic heterocycles. The molecule has 0 spiro atoms. The standard InChI is InChI=1S/C18H27N3O3S/c1-6-23-14-10-8-13(12-15(14)24-7-2)9-11-16(22)20-21-17(25)19-18(3,4)5/h8-12H,6-7H2,1-5H3,(H,20,22)(H2,19,21,25)/b11-9+. The molecule has 0 aliphatic rings. The summed E-state index contributed by atoms with van der Waals surface area (Å²) in [7, 11) is 0. The van der Waals surface area contributed by atoms with Crippen LogP contribution in [0.1, 0.15) is 40.2 Å². The van der Waals surface area contributed by atoms with Crippen molar-refractivity contribution in [3.63, 3.8) is 0 Å². The van der Waals surface area contributed by atoms with E-state index < -0.39 is 0 Å². The maximum atomic E-state index is 11.9. The molecule has 0 saturated carbocycles. The van der Waals surface area contributed by atoms with E-state index >= 15 is 0 Å². The zero-order valence-electron chi connectivity index (χ0n) is 15.4. The minimum Gasteiger partial charge on any atom is -0.490 e. The molecular formula is C18H27N3O3S. The lowest BCUT2D eigenvalue weighted by Crippen LogP contribution is -2.51. The number of benzene rings is 1. The quantitative estimate of drug-likeness (QED) is 0.409. The van der Waals surface area contributed by atoms with Crippen molar-refractivity contribution in [1.29, 1.82) is 0 Å². The number of hydrogen-bond acceptors (Lipinski definition) is 4. The van der Waals surface area contributed by atoms with E-state index in [-0.39, 0.29) is 11.4 Å². The fourth-order valence-corrected chi connectivity index (χ4v) is 2.23. The molecule has 0 heterocycles. The summed E-state index contributed by atoms with van der Waals surface area (Å²) in [6, 6.07) is 5.51. The smallest absolute Gasteiger partial charge is 0.262 e. The van der Waals surface area contributed by atoms with Crippen LogP contribution in [0.5, 0.6) is 11.5 Å². The maximum Gasteiger partial charge on any atom is 0.262 e. The predicted octanol–water partition coefficient (Wildman–Crippen LogP) is 2.79. The summed E-state index contributed by atoms with van der Waals surface area (Å²) in [6.45, 7) is 10.9. The summed E-state index contributed by atoms with van der Waals surface area (Å²) in [6.07, 6.45) is 3.10.